The zero-order chi connectivity index (χ0) is 45.0. The number of hydrogen-bond acceptors (Lipinski definition) is 11. The van der Waals surface area contributed by atoms with Crippen molar-refractivity contribution in [2.75, 3.05) is 40.8 Å². The third kappa shape index (κ3) is 15.6. The van der Waals surface area contributed by atoms with E-state index in [0.717, 1.165) is 5.57 Å². The molecular formula is C45H77NO10SSi2. The second-order valence-electron chi connectivity index (χ2n) is 18.7. The Morgan fingerprint density at radius 2 is 1.53 bits per heavy atom. The molecule has 0 saturated heterocycles. The van der Waals surface area contributed by atoms with Crippen LogP contribution in [0.3, 0.4) is 0 Å². The quantitative estimate of drug-likeness (QED) is 0.0467. The minimum Gasteiger partial charge on any atom is -0.449 e. The summed E-state index contributed by atoms with van der Waals surface area (Å²) >= 11 is 0. The van der Waals surface area contributed by atoms with Gasteiger partial charge in [0, 0.05) is 33.5 Å². The summed E-state index contributed by atoms with van der Waals surface area (Å²) in [7, 11) is -5.17. The van der Waals surface area contributed by atoms with Gasteiger partial charge in [-0.25, -0.2) is 13.4 Å². The minimum absolute atomic E-state index is 0.0698. The van der Waals surface area contributed by atoms with Gasteiger partial charge in [-0.1, -0.05) is 78.8 Å². The first-order valence-corrected chi connectivity index (χ1v) is 28.0. The summed E-state index contributed by atoms with van der Waals surface area (Å²) < 4.78 is 71.4. The smallest absolute Gasteiger partial charge is 0.192 e. The maximum absolute atomic E-state index is 14.3. The number of aliphatic hydroxyl groups excluding tert-OH is 1. The Bertz CT molecular complexity index is 1770. The van der Waals surface area contributed by atoms with Gasteiger partial charge in [0.05, 0.1) is 49.1 Å². The highest BCUT2D eigenvalue weighted by molar-refractivity contribution is 7.92. The number of aliphatic hydroxyl groups is 1. The molecule has 1 aromatic heterocycles. The monoisotopic (exact) mass is 879 g/mol. The van der Waals surface area contributed by atoms with Crippen LogP contribution in [-0.2, 0) is 37.6 Å². The molecule has 11 nitrogen and oxygen atoms in total. The molecule has 336 valence electrons. The molecule has 2 unspecified atom stereocenters. The van der Waals surface area contributed by atoms with Gasteiger partial charge in [0.1, 0.15) is 24.0 Å². The first kappa shape index (κ1) is 52.9. The van der Waals surface area contributed by atoms with E-state index >= 15 is 0 Å². The number of oxazole rings is 1. The van der Waals surface area contributed by atoms with Gasteiger partial charge in [0.25, 0.3) is 0 Å². The number of rotatable bonds is 24. The molecule has 0 fully saturated rings. The van der Waals surface area contributed by atoms with Crippen molar-refractivity contribution in [3.8, 4) is 0 Å². The number of aryl methyl sites for hydroxylation is 1. The van der Waals surface area contributed by atoms with E-state index in [0.29, 0.717) is 49.0 Å². The Balaban J connectivity index is 2.64. The lowest BCUT2D eigenvalue weighted by atomic mass is 9.88. The fourth-order valence-electron chi connectivity index (χ4n) is 6.26. The minimum atomic E-state index is -4.07. The van der Waals surface area contributed by atoms with E-state index in [-0.39, 0.29) is 39.9 Å². The standard InChI is InChI=1S/C45H77NO10SSi2/c1-32(23-24-55-58(14,15)44(6,7)8)40(54-31-52-26-25-50-12)29-41(56-59(16,17)45(9,10)11)35(4)42(51-13)33(2)28-39(47)43(34(3)27-37-30-53-36(5)46-37)57(48,49)38-21-19-18-20-22-38/h18-23,27-28,30,35,39-43,47H,24-26,29,31H2,1-17H3/b32-23+,33-28+,34-27+/t35-,39?,40-,41-,42-,43?/m0/s1. The summed E-state index contributed by atoms with van der Waals surface area (Å²) in [5.41, 5.74) is 2.55. The maximum Gasteiger partial charge on any atom is 0.192 e. The van der Waals surface area contributed by atoms with Crippen LogP contribution >= 0.6 is 0 Å². The highest BCUT2D eigenvalue weighted by atomic mass is 32.2. The Kier molecular flexibility index (Phi) is 20.4. The topological polar surface area (TPSA) is 136 Å². The van der Waals surface area contributed by atoms with Gasteiger partial charge in [0.2, 0.25) is 0 Å². The molecule has 0 aliphatic carbocycles. The lowest BCUT2D eigenvalue weighted by Gasteiger charge is -2.43. The van der Waals surface area contributed by atoms with Gasteiger partial charge < -0.3 is 37.3 Å². The summed E-state index contributed by atoms with van der Waals surface area (Å²) in [5, 5.41) is 10.6. The van der Waals surface area contributed by atoms with Crippen molar-refractivity contribution in [3.63, 3.8) is 0 Å². The van der Waals surface area contributed by atoms with E-state index in [1.807, 2.05) is 6.92 Å². The summed E-state index contributed by atoms with van der Waals surface area (Å²) in [4.78, 5) is 4.45. The van der Waals surface area contributed by atoms with Crippen LogP contribution in [0.5, 0.6) is 0 Å². The Morgan fingerprint density at radius 1 is 0.915 bits per heavy atom. The van der Waals surface area contributed by atoms with E-state index in [1.54, 1.807) is 70.6 Å². The highest BCUT2D eigenvalue weighted by Crippen LogP contribution is 2.41. The molecular weight excluding hydrogens is 803 g/mol. The molecule has 1 N–H and O–H groups in total. The molecule has 0 aliphatic heterocycles. The zero-order valence-electron chi connectivity index (χ0n) is 39.2. The third-order valence-electron chi connectivity index (χ3n) is 12.0. The van der Waals surface area contributed by atoms with Gasteiger partial charge in [-0.3, -0.25) is 0 Å². The molecule has 0 radical (unpaired) electrons. The Labute approximate surface area is 359 Å². The summed E-state index contributed by atoms with van der Waals surface area (Å²) in [5.74, 6) is 0.193. The molecule has 2 rings (SSSR count). The maximum atomic E-state index is 14.3. The van der Waals surface area contributed by atoms with Crippen molar-refractivity contribution in [3.05, 3.63) is 77.1 Å². The summed E-state index contributed by atoms with van der Waals surface area (Å²) in [6.07, 6.45) is 4.58. The average molecular weight is 880 g/mol. The van der Waals surface area contributed by atoms with Crippen molar-refractivity contribution in [2.24, 2.45) is 5.92 Å². The van der Waals surface area contributed by atoms with Crippen molar-refractivity contribution < 1.29 is 45.7 Å². The molecule has 1 heterocycles. The van der Waals surface area contributed by atoms with Crippen molar-refractivity contribution in [1.29, 1.82) is 0 Å². The molecule has 6 atom stereocenters. The molecule has 59 heavy (non-hydrogen) atoms. The molecule has 0 amide bonds. The van der Waals surface area contributed by atoms with Crippen LogP contribution in [0.4, 0.5) is 0 Å². The van der Waals surface area contributed by atoms with Crippen LogP contribution in [0.1, 0.15) is 87.2 Å². The van der Waals surface area contributed by atoms with Gasteiger partial charge in [-0.2, -0.15) is 0 Å². The molecule has 0 spiro atoms. The van der Waals surface area contributed by atoms with Crippen molar-refractivity contribution in [2.45, 2.75) is 153 Å². The zero-order valence-corrected chi connectivity index (χ0v) is 42.0. The number of nitrogens with zero attached hydrogens (tertiary/aromatic N) is 1. The van der Waals surface area contributed by atoms with Crippen LogP contribution in [0.25, 0.3) is 6.08 Å². The van der Waals surface area contributed by atoms with E-state index in [2.05, 4.69) is 92.6 Å². The fourth-order valence-corrected chi connectivity index (χ4v) is 10.4. The van der Waals surface area contributed by atoms with Crippen LogP contribution in [0.15, 0.2) is 74.8 Å². The van der Waals surface area contributed by atoms with E-state index in [9.17, 15) is 13.5 Å². The third-order valence-corrected chi connectivity index (χ3v) is 23.3. The number of methoxy groups -OCH3 is 2. The highest BCUT2D eigenvalue weighted by Gasteiger charge is 2.43. The average Bonchev–Trinajstić information content (AvgIpc) is 3.53. The fraction of sp³-hybridized carbons (Fsp3) is 0.667. The van der Waals surface area contributed by atoms with E-state index in [1.165, 1.54) is 6.26 Å². The molecule has 1 aromatic carbocycles. The summed E-state index contributed by atoms with van der Waals surface area (Å²) in [6, 6.07) is 8.18. The first-order valence-electron chi connectivity index (χ1n) is 20.6. The molecule has 2 aromatic rings. The second-order valence-corrected chi connectivity index (χ2v) is 30.4. The van der Waals surface area contributed by atoms with Gasteiger partial charge in [-0.05, 0) is 92.0 Å². The number of aromatic nitrogens is 1. The number of ether oxygens (including phenoxy) is 4. The molecule has 0 aliphatic rings. The normalized spacial score (nSPS) is 17.4. The van der Waals surface area contributed by atoms with Gasteiger partial charge >= 0.3 is 0 Å². The molecule has 14 heteroatoms. The Hall–Kier alpha value is -2.25. The second kappa shape index (κ2) is 22.7. The van der Waals surface area contributed by atoms with Gasteiger partial charge in [-0.15, -0.1) is 0 Å². The summed E-state index contributed by atoms with van der Waals surface area (Å²) in [6.45, 7) is 33.0. The predicted octanol–water partition coefficient (Wildman–Crippen LogP) is 9.94. The largest absolute Gasteiger partial charge is 0.449 e. The van der Waals surface area contributed by atoms with Crippen molar-refractivity contribution >= 4 is 32.5 Å². The van der Waals surface area contributed by atoms with Crippen molar-refractivity contribution in [1.82, 2.24) is 4.98 Å². The SMILES string of the molecule is COCCOCO[C@@H](C[C@H](O[Si](C)(C)C(C)(C)C)[C@H](C)[C@@H](OC)/C(C)=C/C(O)C(/C(C)=C/c1coc(C)n1)S(=O)(=O)c1ccccc1)/C(C)=C/CO[Si](C)(C)C(C)(C)C. The predicted molar refractivity (Wildman–Crippen MR) is 243 cm³/mol. The molecule has 0 bridgehead atoms. The van der Waals surface area contributed by atoms with E-state index in [4.69, 9.17) is 32.2 Å². The van der Waals surface area contributed by atoms with Crippen LogP contribution in [-0.4, -0.2) is 106 Å². The lowest BCUT2D eigenvalue weighted by Crippen LogP contribution is -2.48. The van der Waals surface area contributed by atoms with Crippen LogP contribution in [0, 0.1) is 12.8 Å². The Morgan fingerprint density at radius 3 is 2.05 bits per heavy atom. The first-order chi connectivity index (χ1) is 27.2. The number of hydrogen-bond donors (Lipinski definition) is 1. The molecule has 0 saturated carbocycles. The van der Waals surface area contributed by atoms with E-state index < -0.39 is 43.9 Å². The van der Waals surface area contributed by atoms with Crippen LogP contribution in [0.2, 0.25) is 36.3 Å². The lowest BCUT2D eigenvalue weighted by molar-refractivity contribution is -0.101. The van der Waals surface area contributed by atoms with Gasteiger partial charge in [0.15, 0.2) is 32.4 Å². The van der Waals surface area contributed by atoms with Crippen LogP contribution < -0.4 is 0 Å². The number of benzene rings is 1. The number of sulfone groups is 1.